The van der Waals surface area contributed by atoms with Crippen LogP contribution in [0.5, 0.6) is 0 Å². The summed E-state index contributed by atoms with van der Waals surface area (Å²) >= 11 is 0. The normalized spacial score (nSPS) is 24.6. The molecule has 21 heavy (non-hydrogen) atoms. The zero-order chi connectivity index (χ0) is 15.6. The van der Waals surface area contributed by atoms with Gasteiger partial charge in [-0.15, -0.1) is 0 Å². The third-order valence-electron chi connectivity index (χ3n) is 4.39. The minimum Gasteiger partial charge on any atom is -0.399 e. The maximum atomic E-state index is 12.4. The molecule has 1 amide bonds. The lowest BCUT2D eigenvalue weighted by Gasteiger charge is -2.37. The molecule has 0 bridgehead atoms. The molecule has 1 aromatic carbocycles. The average Bonchev–Trinajstić information content (AvgIpc) is 2.44. The van der Waals surface area contributed by atoms with Crippen molar-refractivity contribution in [3.63, 3.8) is 0 Å². The van der Waals surface area contributed by atoms with Crippen molar-refractivity contribution in [2.45, 2.75) is 39.3 Å². The summed E-state index contributed by atoms with van der Waals surface area (Å²) < 4.78 is 0. The van der Waals surface area contributed by atoms with E-state index in [1.807, 2.05) is 37.8 Å². The number of hydrogen-bond acceptors (Lipinski definition) is 4. The van der Waals surface area contributed by atoms with Crippen molar-refractivity contribution < 1.29 is 9.90 Å². The first-order valence-corrected chi connectivity index (χ1v) is 7.47. The van der Waals surface area contributed by atoms with Crippen LogP contribution in [0, 0.1) is 12.8 Å². The van der Waals surface area contributed by atoms with Crippen molar-refractivity contribution in [1.29, 1.82) is 0 Å². The maximum absolute atomic E-state index is 12.4. The number of piperidine rings is 1. The average molecular weight is 291 g/mol. The highest BCUT2D eigenvalue weighted by atomic mass is 16.3. The summed E-state index contributed by atoms with van der Waals surface area (Å²) in [6.45, 7) is 7.24. The van der Waals surface area contributed by atoms with Gasteiger partial charge in [0.25, 0.3) is 0 Å². The van der Waals surface area contributed by atoms with Crippen molar-refractivity contribution >= 4 is 17.3 Å². The number of nitrogens with one attached hydrogen (secondary N) is 1. The molecule has 1 aliphatic heterocycles. The molecule has 5 heteroatoms. The fourth-order valence-electron chi connectivity index (χ4n) is 2.66. The van der Waals surface area contributed by atoms with Crippen LogP contribution in [0.4, 0.5) is 11.4 Å². The number of nitrogen functional groups attached to an aromatic ring is 1. The highest BCUT2D eigenvalue weighted by molar-refractivity contribution is 5.95. The Morgan fingerprint density at radius 1 is 1.52 bits per heavy atom. The fourth-order valence-corrected chi connectivity index (χ4v) is 2.66. The molecule has 0 radical (unpaired) electrons. The summed E-state index contributed by atoms with van der Waals surface area (Å²) in [7, 11) is 0. The number of aliphatic hydroxyl groups is 1. The molecular formula is C16H25N3O2. The Morgan fingerprint density at radius 3 is 2.86 bits per heavy atom. The van der Waals surface area contributed by atoms with Crippen molar-refractivity contribution in [2.75, 3.05) is 24.1 Å². The van der Waals surface area contributed by atoms with E-state index in [0.29, 0.717) is 18.2 Å². The minimum atomic E-state index is -0.354. The number of rotatable bonds is 3. The van der Waals surface area contributed by atoms with Gasteiger partial charge in [0.15, 0.2) is 0 Å². The zero-order valence-electron chi connectivity index (χ0n) is 13.0. The first kappa shape index (κ1) is 15.8. The number of amides is 1. The molecule has 2 rings (SSSR count). The van der Waals surface area contributed by atoms with Crippen LogP contribution >= 0.6 is 0 Å². The largest absolute Gasteiger partial charge is 0.399 e. The third kappa shape index (κ3) is 3.74. The number of benzene rings is 1. The molecule has 1 heterocycles. The standard InChI is InChI=1S/C16H25N3O2/c1-10-6-7-19(9-15(10)20)12(3)16(21)18-14-5-4-13(17)8-11(14)2/h4-5,8,10,12,15,20H,6-7,9,17H2,1-3H3,(H,18,21). The molecule has 0 spiro atoms. The van der Waals surface area contributed by atoms with Gasteiger partial charge in [-0.05, 0) is 56.5 Å². The summed E-state index contributed by atoms with van der Waals surface area (Å²) in [6, 6.07) is 5.18. The van der Waals surface area contributed by atoms with Crippen molar-refractivity contribution in [1.82, 2.24) is 4.90 Å². The number of hydrogen-bond donors (Lipinski definition) is 3. The highest BCUT2D eigenvalue weighted by Gasteiger charge is 2.30. The Morgan fingerprint density at radius 2 is 2.24 bits per heavy atom. The molecule has 116 valence electrons. The van der Waals surface area contributed by atoms with Gasteiger partial charge in [-0.1, -0.05) is 6.92 Å². The monoisotopic (exact) mass is 291 g/mol. The van der Waals surface area contributed by atoms with E-state index in [2.05, 4.69) is 5.32 Å². The summed E-state index contributed by atoms with van der Waals surface area (Å²) in [5, 5.41) is 12.9. The lowest BCUT2D eigenvalue weighted by Crippen LogP contribution is -2.50. The Kier molecular flexibility index (Phi) is 4.85. The number of aliphatic hydroxyl groups excluding tert-OH is 1. The lowest BCUT2D eigenvalue weighted by atomic mass is 9.95. The van der Waals surface area contributed by atoms with Crippen LogP contribution in [0.25, 0.3) is 0 Å². The molecule has 3 atom stereocenters. The quantitative estimate of drug-likeness (QED) is 0.739. The number of aryl methyl sites for hydroxylation is 1. The van der Waals surface area contributed by atoms with Crippen LogP contribution in [-0.2, 0) is 4.79 Å². The van der Waals surface area contributed by atoms with Crippen LogP contribution in [0.1, 0.15) is 25.8 Å². The number of carbonyl (C=O) groups excluding carboxylic acids is 1. The van der Waals surface area contributed by atoms with Crippen LogP contribution in [-0.4, -0.2) is 41.1 Å². The molecule has 1 saturated heterocycles. The smallest absolute Gasteiger partial charge is 0.241 e. The van der Waals surface area contributed by atoms with E-state index < -0.39 is 0 Å². The Bertz CT molecular complexity index is 518. The number of nitrogens with two attached hydrogens (primary N) is 1. The molecular weight excluding hydrogens is 266 g/mol. The van der Waals surface area contributed by atoms with Gasteiger partial charge in [0.2, 0.25) is 5.91 Å². The predicted octanol–water partition coefficient (Wildman–Crippen LogP) is 1.61. The molecule has 0 aromatic heterocycles. The van der Waals surface area contributed by atoms with E-state index in [1.165, 1.54) is 0 Å². The summed E-state index contributed by atoms with van der Waals surface area (Å²) in [5.41, 5.74) is 8.13. The van der Waals surface area contributed by atoms with E-state index in [0.717, 1.165) is 24.2 Å². The Hall–Kier alpha value is -1.59. The van der Waals surface area contributed by atoms with Crippen molar-refractivity contribution in [3.8, 4) is 0 Å². The van der Waals surface area contributed by atoms with Crippen LogP contribution in [0.15, 0.2) is 18.2 Å². The number of carbonyl (C=O) groups is 1. The van der Waals surface area contributed by atoms with Gasteiger partial charge in [0.1, 0.15) is 0 Å². The summed E-state index contributed by atoms with van der Waals surface area (Å²) in [6.07, 6.45) is 0.562. The van der Waals surface area contributed by atoms with Gasteiger partial charge in [-0.25, -0.2) is 0 Å². The van der Waals surface area contributed by atoms with Crippen LogP contribution in [0.2, 0.25) is 0 Å². The second-order valence-electron chi connectivity index (χ2n) is 6.07. The number of β-amino-alcohol motifs (C(OH)–C–C–N with tert-alkyl or cyclic N) is 1. The number of likely N-dealkylation sites (tertiary alicyclic amines) is 1. The molecule has 1 aliphatic rings. The molecule has 0 saturated carbocycles. The van der Waals surface area contributed by atoms with Crippen molar-refractivity contribution in [2.24, 2.45) is 5.92 Å². The van der Waals surface area contributed by atoms with Gasteiger partial charge in [-0.2, -0.15) is 0 Å². The summed E-state index contributed by atoms with van der Waals surface area (Å²) in [4.78, 5) is 14.4. The number of nitrogens with zero attached hydrogens (tertiary/aromatic N) is 1. The minimum absolute atomic E-state index is 0.0513. The zero-order valence-corrected chi connectivity index (χ0v) is 13.0. The second-order valence-corrected chi connectivity index (χ2v) is 6.07. The van der Waals surface area contributed by atoms with E-state index in [9.17, 15) is 9.90 Å². The first-order chi connectivity index (χ1) is 9.88. The topological polar surface area (TPSA) is 78.6 Å². The van der Waals surface area contributed by atoms with Crippen LogP contribution < -0.4 is 11.1 Å². The molecule has 1 aromatic rings. The maximum Gasteiger partial charge on any atom is 0.241 e. The van der Waals surface area contributed by atoms with Gasteiger partial charge < -0.3 is 16.2 Å². The highest BCUT2D eigenvalue weighted by Crippen LogP contribution is 2.21. The first-order valence-electron chi connectivity index (χ1n) is 7.47. The molecule has 5 nitrogen and oxygen atoms in total. The molecule has 4 N–H and O–H groups in total. The Labute approximate surface area is 126 Å². The Balaban J connectivity index is 1.99. The second kappa shape index (κ2) is 6.45. The molecule has 0 aliphatic carbocycles. The van der Waals surface area contributed by atoms with E-state index in [4.69, 9.17) is 5.73 Å². The molecule has 3 unspecified atom stereocenters. The lowest BCUT2D eigenvalue weighted by molar-refractivity contribution is -0.122. The van der Waals surface area contributed by atoms with Gasteiger partial charge in [-0.3, -0.25) is 9.69 Å². The summed E-state index contributed by atoms with van der Waals surface area (Å²) in [5.74, 6) is 0.250. The predicted molar refractivity (Wildman–Crippen MR) is 85.0 cm³/mol. The van der Waals surface area contributed by atoms with Crippen molar-refractivity contribution in [3.05, 3.63) is 23.8 Å². The van der Waals surface area contributed by atoms with E-state index in [-0.39, 0.29) is 18.1 Å². The SMILES string of the molecule is Cc1cc(N)ccc1NC(=O)C(C)N1CCC(C)C(O)C1. The molecule has 1 fully saturated rings. The third-order valence-corrected chi connectivity index (χ3v) is 4.39. The van der Waals surface area contributed by atoms with Gasteiger partial charge in [0.05, 0.1) is 12.1 Å². The van der Waals surface area contributed by atoms with Gasteiger partial charge >= 0.3 is 0 Å². The fraction of sp³-hybridized carbons (Fsp3) is 0.562. The van der Waals surface area contributed by atoms with Crippen LogP contribution in [0.3, 0.4) is 0 Å². The number of anilines is 2. The van der Waals surface area contributed by atoms with E-state index in [1.54, 1.807) is 6.07 Å². The van der Waals surface area contributed by atoms with Gasteiger partial charge in [0, 0.05) is 17.9 Å². The van der Waals surface area contributed by atoms with E-state index >= 15 is 0 Å².